The molecule has 0 heterocycles. The summed E-state index contributed by atoms with van der Waals surface area (Å²) in [7, 11) is 0. The number of benzene rings is 1. The van der Waals surface area contributed by atoms with Crippen molar-refractivity contribution in [3.8, 4) is 0 Å². The van der Waals surface area contributed by atoms with Gasteiger partial charge in [0.25, 0.3) is 0 Å². The van der Waals surface area contributed by atoms with Crippen molar-refractivity contribution in [1.82, 2.24) is 10.6 Å². The summed E-state index contributed by atoms with van der Waals surface area (Å²) in [6.45, 7) is 7.41. The van der Waals surface area contributed by atoms with Gasteiger partial charge in [-0.3, -0.25) is 9.59 Å². The van der Waals surface area contributed by atoms with Gasteiger partial charge in [-0.05, 0) is 33.3 Å². The molecule has 28 heavy (non-hydrogen) atoms. The Morgan fingerprint density at radius 1 is 1.11 bits per heavy atom. The van der Waals surface area contributed by atoms with Crippen molar-refractivity contribution >= 4 is 18.0 Å². The lowest BCUT2D eigenvalue weighted by molar-refractivity contribution is -0.143. The number of esters is 1. The van der Waals surface area contributed by atoms with Crippen molar-refractivity contribution in [3.63, 3.8) is 0 Å². The van der Waals surface area contributed by atoms with E-state index in [4.69, 9.17) is 14.2 Å². The van der Waals surface area contributed by atoms with Gasteiger partial charge in [0.05, 0.1) is 25.9 Å². The molecule has 1 aromatic carbocycles. The first-order chi connectivity index (χ1) is 13.2. The largest absolute Gasteiger partial charge is 0.465 e. The van der Waals surface area contributed by atoms with Crippen LogP contribution in [-0.2, 0) is 30.4 Å². The highest BCUT2D eigenvalue weighted by Crippen LogP contribution is 2.08. The minimum absolute atomic E-state index is 0.0621. The number of nitrogens with one attached hydrogen (secondary N) is 2. The lowest BCUT2D eigenvalue weighted by Crippen LogP contribution is -2.44. The van der Waals surface area contributed by atoms with Gasteiger partial charge in [-0.1, -0.05) is 30.3 Å². The van der Waals surface area contributed by atoms with Crippen LogP contribution < -0.4 is 10.6 Å². The van der Waals surface area contributed by atoms with E-state index in [-0.39, 0.29) is 26.2 Å². The summed E-state index contributed by atoms with van der Waals surface area (Å²) in [6, 6.07) is 8.94. The molecule has 0 saturated carbocycles. The van der Waals surface area contributed by atoms with Gasteiger partial charge in [0.1, 0.15) is 12.1 Å². The number of rotatable bonds is 10. The number of ether oxygens (including phenoxy) is 3. The second-order valence-electron chi connectivity index (χ2n) is 7.13. The number of hydrogen-bond acceptors (Lipinski definition) is 6. The molecule has 0 saturated heterocycles. The van der Waals surface area contributed by atoms with Gasteiger partial charge < -0.3 is 24.8 Å². The van der Waals surface area contributed by atoms with Crippen LogP contribution in [0.3, 0.4) is 0 Å². The van der Waals surface area contributed by atoms with Crippen LogP contribution in [0.15, 0.2) is 30.3 Å². The molecular weight excluding hydrogens is 364 g/mol. The van der Waals surface area contributed by atoms with Crippen LogP contribution in [0.25, 0.3) is 0 Å². The van der Waals surface area contributed by atoms with Crippen LogP contribution >= 0.6 is 0 Å². The van der Waals surface area contributed by atoms with E-state index >= 15 is 0 Å². The maximum atomic E-state index is 12.1. The summed E-state index contributed by atoms with van der Waals surface area (Å²) in [5, 5.41) is 5.11. The van der Waals surface area contributed by atoms with Crippen LogP contribution in [-0.4, -0.2) is 49.4 Å². The second kappa shape index (κ2) is 12.0. The molecule has 0 radical (unpaired) electrons. The van der Waals surface area contributed by atoms with Crippen LogP contribution in [0.2, 0.25) is 0 Å². The molecule has 0 aromatic heterocycles. The van der Waals surface area contributed by atoms with Crippen molar-refractivity contribution in [1.29, 1.82) is 0 Å². The van der Waals surface area contributed by atoms with Gasteiger partial charge in [-0.2, -0.15) is 0 Å². The molecule has 1 atom stereocenters. The molecule has 0 fully saturated rings. The minimum Gasteiger partial charge on any atom is -0.465 e. The molecule has 0 aliphatic heterocycles. The van der Waals surface area contributed by atoms with Crippen LogP contribution in [0.4, 0.5) is 4.79 Å². The topological polar surface area (TPSA) is 103 Å². The number of carbonyl (C=O) groups excluding carboxylic acids is 3. The Balaban J connectivity index is 2.56. The average Bonchev–Trinajstić information content (AvgIpc) is 2.59. The highest BCUT2D eigenvalue weighted by Gasteiger charge is 2.22. The molecule has 0 aliphatic rings. The zero-order valence-corrected chi connectivity index (χ0v) is 16.9. The maximum Gasteiger partial charge on any atom is 0.407 e. The molecule has 2 N–H and O–H groups in total. The molecule has 0 spiro atoms. The fourth-order valence-corrected chi connectivity index (χ4v) is 2.20. The van der Waals surface area contributed by atoms with E-state index in [1.807, 2.05) is 30.3 Å². The van der Waals surface area contributed by atoms with Gasteiger partial charge in [0.15, 0.2) is 0 Å². The van der Waals surface area contributed by atoms with Crippen LogP contribution in [0.5, 0.6) is 0 Å². The quantitative estimate of drug-likeness (QED) is 0.590. The fourth-order valence-electron chi connectivity index (χ4n) is 2.20. The standard InChI is InChI=1S/C20H30N2O6/c1-5-27-18(24)12-21-17(23)11-16(22-19(25)28-20(2,3)4)14-26-13-15-9-7-6-8-10-15/h6-10,16H,5,11-14H2,1-4H3,(H,21,23)(H,22,25). The van der Waals surface area contributed by atoms with Crippen molar-refractivity contribution in [2.75, 3.05) is 19.8 Å². The van der Waals surface area contributed by atoms with E-state index in [2.05, 4.69) is 10.6 Å². The third-order valence-electron chi connectivity index (χ3n) is 3.32. The van der Waals surface area contributed by atoms with Gasteiger partial charge in [0.2, 0.25) is 5.91 Å². The molecule has 1 rings (SSSR count). The Bertz CT molecular complexity index is 627. The Morgan fingerprint density at radius 3 is 2.39 bits per heavy atom. The van der Waals surface area contributed by atoms with Crippen molar-refractivity contribution in [3.05, 3.63) is 35.9 Å². The Morgan fingerprint density at radius 2 is 1.79 bits per heavy atom. The van der Waals surface area contributed by atoms with Gasteiger partial charge in [-0.15, -0.1) is 0 Å². The van der Waals surface area contributed by atoms with E-state index in [0.717, 1.165) is 5.56 Å². The Labute approximate surface area is 165 Å². The molecule has 1 unspecified atom stereocenters. The molecule has 8 heteroatoms. The molecule has 1 aromatic rings. The zero-order valence-electron chi connectivity index (χ0n) is 16.9. The SMILES string of the molecule is CCOC(=O)CNC(=O)CC(COCc1ccccc1)NC(=O)OC(C)(C)C. The second-order valence-corrected chi connectivity index (χ2v) is 7.13. The van der Waals surface area contributed by atoms with Crippen molar-refractivity contribution < 1.29 is 28.6 Å². The van der Waals surface area contributed by atoms with Crippen molar-refractivity contribution in [2.24, 2.45) is 0 Å². The number of hydrogen-bond donors (Lipinski definition) is 2. The molecule has 0 aliphatic carbocycles. The van der Waals surface area contributed by atoms with E-state index in [0.29, 0.717) is 6.61 Å². The van der Waals surface area contributed by atoms with E-state index in [9.17, 15) is 14.4 Å². The highest BCUT2D eigenvalue weighted by molar-refractivity contribution is 5.82. The summed E-state index contributed by atoms with van der Waals surface area (Å²) in [5.41, 5.74) is 0.316. The monoisotopic (exact) mass is 394 g/mol. The predicted octanol–water partition coefficient (Wildman–Crippen LogP) is 2.17. The van der Waals surface area contributed by atoms with Crippen molar-refractivity contribution in [2.45, 2.75) is 52.4 Å². The van der Waals surface area contributed by atoms with Gasteiger partial charge in [-0.25, -0.2) is 4.79 Å². The predicted molar refractivity (Wildman–Crippen MR) is 104 cm³/mol. The average molecular weight is 394 g/mol. The van der Waals surface area contributed by atoms with Crippen LogP contribution in [0.1, 0.15) is 39.7 Å². The fraction of sp³-hybridized carbons (Fsp3) is 0.550. The summed E-state index contributed by atoms with van der Waals surface area (Å²) in [4.78, 5) is 35.5. The highest BCUT2D eigenvalue weighted by atomic mass is 16.6. The van der Waals surface area contributed by atoms with E-state index in [1.165, 1.54) is 0 Å². The first-order valence-corrected chi connectivity index (χ1v) is 9.23. The maximum absolute atomic E-state index is 12.1. The number of carbonyl (C=O) groups is 3. The van der Waals surface area contributed by atoms with Gasteiger partial charge >= 0.3 is 12.1 Å². The lowest BCUT2D eigenvalue weighted by Gasteiger charge is -2.23. The first-order valence-electron chi connectivity index (χ1n) is 9.23. The molecule has 8 nitrogen and oxygen atoms in total. The Kier molecular flexibility index (Phi) is 10.0. The summed E-state index contributed by atoms with van der Waals surface area (Å²) >= 11 is 0. The minimum atomic E-state index is -0.661. The number of alkyl carbamates (subject to hydrolysis) is 1. The molecular formula is C20H30N2O6. The molecule has 0 bridgehead atoms. The summed E-state index contributed by atoms with van der Waals surface area (Å²) in [5.74, 6) is -0.926. The third-order valence-corrected chi connectivity index (χ3v) is 3.32. The smallest absolute Gasteiger partial charge is 0.407 e. The zero-order chi connectivity index (χ0) is 21.0. The summed E-state index contributed by atoms with van der Waals surface area (Å²) < 4.78 is 15.6. The molecule has 156 valence electrons. The number of amides is 2. The molecule has 2 amide bonds. The van der Waals surface area contributed by atoms with E-state index in [1.54, 1.807) is 27.7 Å². The first kappa shape index (κ1) is 23.4. The third kappa shape index (κ3) is 11.2. The normalized spacial score (nSPS) is 12.0. The van der Waals surface area contributed by atoms with E-state index < -0.39 is 29.6 Å². The Hall–Kier alpha value is -2.61. The summed E-state index contributed by atoms with van der Waals surface area (Å²) in [6.07, 6.45) is -0.702. The van der Waals surface area contributed by atoms with Gasteiger partial charge in [0, 0.05) is 6.42 Å². The lowest BCUT2D eigenvalue weighted by atomic mass is 10.2. The van der Waals surface area contributed by atoms with Crippen LogP contribution in [0, 0.1) is 0 Å².